The molecular weight excluding hydrogens is 633 g/mol. The van der Waals surface area contributed by atoms with Gasteiger partial charge in [0.2, 0.25) is 0 Å². The fourth-order valence-corrected chi connectivity index (χ4v) is 7.42. The van der Waals surface area contributed by atoms with Gasteiger partial charge in [0.25, 0.3) is 0 Å². The Morgan fingerprint density at radius 2 is 1.15 bits per heavy atom. The number of nitrogens with one attached hydrogen (secondary N) is 1. The van der Waals surface area contributed by atoms with Crippen LogP contribution in [-0.4, -0.2) is 10.8 Å². The molecule has 0 amide bonds. The third-order valence-electron chi connectivity index (χ3n) is 9.91. The van der Waals surface area contributed by atoms with Crippen LogP contribution in [0, 0.1) is 0 Å². The Morgan fingerprint density at radius 3 is 1.92 bits per heavy atom. The number of hydrogen-bond acceptors (Lipinski definition) is 3. The van der Waals surface area contributed by atoms with Crippen LogP contribution in [0.2, 0.25) is 0 Å². The Labute approximate surface area is 303 Å². The third kappa shape index (κ3) is 5.66. The minimum Gasteiger partial charge on any atom is -0.398 e. The highest BCUT2D eigenvalue weighted by atomic mass is 15.0. The maximum absolute atomic E-state index is 6.48. The predicted molar refractivity (Wildman–Crippen MR) is 220 cm³/mol. The molecule has 248 valence electrons. The Balaban J connectivity index is 1.19. The van der Waals surface area contributed by atoms with Crippen LogP contribution in [-0.2, 0) is 0 Å². The molecule has 1 aromatic heterocycles. The molecule has 9 rings (SSSR count). The molecule has 52 heavy (non-hydrogen) atoms. The van der Waals surface area contributed by atoms with Gasteiger partial charge in [-0.2, -0.15) is 0 Å². The van der Waals surface area contributed by atoms with Crippen molar-refractivity contribution in [3.05, 3.63) is 205 Å². The summed E-state index contributed by atoms with van der Waals surface area (Å²) in [7, 11) is 0. The van der Waals surface area contributed by atoms with E-state index in [4.69, 9.17) is 10.7 Å². The maximum atomic E-state index is 6.48. The molecule has 8 aromatic carbocycles. The largest absolute Gasteiger partial charge is 0.398 e. The second-order valence-corrected chi connectivity index (χ2v) is 13.1. The first kappa shape index (κ1) is 31.1. The van der Waals surface area contributed by atoms with Crippen LogP contribution in [0.1, 0.15) is 22.7 Å². The van der Waals surface area contributed by atoms with E-state index in [0.29, 0.717) is 0 Å². The smallest absolute Gasteiger partial charge is 0.102 e. The minimum absolute atomic E-state index is 0.226. The molecule has 1 atom stereocenters. The van der Waals surface area contributed by atoms with Crippen molar-refractivity contribution in [3.63, 3.8) is 0 Å². The van der Waals surface area contributed by atoms with E-state index in [-0.39, 0.29) is 6.04 Å². The quantitative estimate of drug-likeness (QED) is 0.125. The lowest BCUT2D eigenvalue weighted by Crippen LogP contribution is -2.03. The summed E-state index contributed by atoms with van der Waals surface area (Å²) in [6, 6.07) is 65.6. The predicted octanol–water partition coefficient (Wildman–Crippen LogP) is 12.1. The Hall–Kier alpha value is -6.91. The number of aromatic nitrogens is 1. The van der Waals surface area contributed by atoms with E-state index in [9.17, 15) is 0 Å². The first-order valence-corrected chi connectivity index (χ1v) is 17.6. The van der Waals surface area contributed by atoms with Gasteiger partial charge in [0.05, 0.1) is 11.0 Å². The Morgan fingerprint density at radius 1 is 0.519 bits per heavy atom. The van der Waals surface area contributed by atoms with E-state index >= 15 is 0 Å². The number of nitrogens with two attached hydrogens (primary N) is 1. The summed E-state index contributed by atoms with van der Waals surface area (Å²) in [5, 5.41) is 8.58. The van der Waals surface area contributed by atoms with Crippen molar-refractivity contribution in [3.8, 4) is 16.8 Å². The molecule has 1 unspecified atom stereocenters. The fourth-order valence-electron chi connectivity index (χ4n) is 7.42. The lowest BCUT2D eigenvalue weighted by atomic mass is 9.97. The number of aliphatic imine (C=N–C) groups is 1. The molecule has 0 fully saturated rings. The lowest BCUT2D eigenvalue weighted by molar-refractivity contribution is 0.881. The molecule has 0 aliphatic heterocycles. The zero-order chi connectivity index (χ0) is 34.9. The summed E-state index contributed by atoms with van der Waals surface area (Å²) in [6.07, 6.45) is 2.00. The van der Waals surface area contributed by atoms with Crippen LogP contribution in [0.15, 0.2) is 193 Å². The van der Waals surface area contributed by atoms with Crippen molar-refractivity contribution < 1.29 is 0 Å². The van der Waals surface area contributed by atoms with E-state index in [0.717, 1.165) is 66.9 Å². The Kier molecular flexibility index (Phi) is 8.03. The molecule has 0 aliphatic carbocycles. The SMILES string of the molecule is Nc1ccccc1C(/N=C/c1ccc(Nc2cc3c(cc2-c2ccccc2)c2ccccc2n3-c2ccccc2)c2ccccc12)c1ccccc1. The number of fused-ring (bicyclic) bond motifs is 4. The number of nitrogen functional groups attached to an aromatic ring is 1. The Bertz CT molecular complexity index is 2710. The molecule has 1 heterocycles. The maximum Gasteiger partial charge on any atom is 0.102 e. The number of para-hydroxylation sites is 3. The number of benzene rings is 8. The molecule has 9 aromatic rings. The van der Waals surface area contributed by atoms with Crippen LogP contribution >= 0.6 is 0 Å². The van der Waals surface area contributed by atoms with Gasteiger partial charge in [-0.3, -0.25) is 4.99 Å². The molecular formula is C48H36N4. The summed E-state index contributed by atoms with van der Waals surface area (Å²) in [5.41, 5.74) is 18.2. The van der Waals surface area contributed by atoms with Crippen LogP contribution in [0.4, 0.5) is 17.1 Å². The number of anilines is 3. The summed E-state index contributed by atoms with van der Waals surface area (Å²) in [6.45, 7) is 0. The third-order valence-corrected chi connectivity index (χ3v) is 9.91. The van der Waals surface area contributed by atoms with E-state index in [1.807, 2.05) is 42.6 Å². The summed E-state index contributed by atoms with van der Waals surface area (Å²) in [4.78, 5) is 5.18. The number of rotatable bonds is 8. The molecule has 0 saturated carbocycles. The van der Waals surface area contributed by atoms with Gasteiger partial charge in [0, 0.05) is 61.8 Å². The minimum atomic E-state index is -0.226. The standard InChI is InChI=1S/C48H36N4/c49-43-26-14-12-25-40(43)48(34-18-6-2-7-19-34)50-32-35-28-29-44(38-23-11-10-22-37(35)38)51-45-31-47-42(30-41(45)33-16-4-1-5-17-33)39-24-13-15-27-46(39)52(47)36-20-8-3-9-21-36/h1-32,48,51H,49H2/b50-32+. The molecule has 3 N–H and O–H groups in total. The van der Waals surface area contributed by atoms with Gasteiger partial charge < -0.3 is 15.6 Å². The highest BCUT2D eigenvalue weighted by molar-refractivity contribution is 6.13. The van der Waals surface area contributed by atoms with Gasteiger partial charge in [-0.25, -0.2) is 0 Å². The van der Waals surface area contributed by atoms with E-state index in [1.54, 1.807) is 0 Å². The first-order valence-electron chi connectivity index (χ1n) is 17.6. The average Bonchev–Trinajstić information content (AvgIpc) is 3.53. The highest BCUT2D eigenvalue weighted by Crippen LogP contribution is 2.41. The molecule has 0 spiro atoms. The normalized spacial score (nSPS) is 12.2. The van der Waals surface area contributed by atoms with Crippen LogP contribution in [0.25, 0.3) is 49.4 Å². The molecule has 0 aliphatic rings. The van der Waals surface area contributed by atoms with Crippen LogP contribution in [0.3, 0.4) is 0 Å². The van der Waals surface area contributed by atoms with Gasteiger partial charge in [0.1, 0.15) is 6.04 Å². The van der Waals surface area contributed by atoms with Crippen molar-refractivity contribution in [1.82, 2.24) is 4.57 Å². The van der Waals surface area contributed by atoms with Gasteiger partial charge in [-0.05, 0) is 59.0 Å². The summed E-state index contributed by atoms with van der Waals surface area (Å²) >= 11 is 0. The van der Waals surface area contributed by atoms with Crippen molar-refractivity contribution in [2.45, 2.75) is 6.04 Å². The summed E-state index contributed by atoms with van der Waals surface area (Å²) in [5.74, 6) is 0. The van der Waals surface area contributed by atoms with E-state index < -0.39 is 0 Å². The average molecular weight is 669 g/mol. The van der Waals surface area contributed by atoms with Crippen LogP contribution < -0.4 is 11.1 Å². The summed E-state index contributed by atoms with van der Waals surface area (Å²) < 4.78 is 2.37. The first-order chi connectivity index (χ1) is 25.7. The number of nitrogens with zero attached hydrogens (tertiary/aromatic N) is 2. The van der Waals surface area contributed by atoms with Gasteiger partial charge in [-0.15, -0.1) is 0 Å². The van der Waals surface area contributed by atoms with Gasteiger partial charge in [-0.1, -0.05) is 146 Å². The van der Waals surface area contributed by atoms with E-state index in [2.05, 4.69) is 162 Å². The molecule has 0 saturated heterocycles. The van der Waals surface area contributed by atoms with Crippen molar-refractivity contribution in [1.29, 1.82) is 0 Å². The lowest BCUT2D eigenvalue weighted by Gasteiger charge is -2.18. The molecule has 4 heteroatoms. The molecule has 4 nitrogen and oxygen atoms in total. The molecule has 0 radical (unpaired) electrons. The van der Waals surface area contributed by atoms with E-state index in [1.165, 1.54) is 16.3 Å². The van der Waals surface area contributed by atoms with Crippen molar-refractivity contribution in [2.24, 2.45) is 4.99 Å². The van der Waals surface area contributed by atoms with Crippen molar-refractivity contribution >= 4 is 55.9 Å². The zero-order valence-electron chi connectivity index (χ0n) is 28.5. The van der Waals surface area contributed by atoms with Gasteiger partial charge >= 0.3 is 0 Å². The molecule has 0 bridgehead atoms. The fraction of sp³-hybridized carbons (Fsp3) is 0.0208. The van der Waals surface area contributed by atoms with Gasteiger partial charge in [0.15, 0.2) is 0 Å². The highest BCUT2D eigenvalue weighted by Gasteiger charge is 2.18. The monoisotopic (exact) mass is 668 g/mol. The second-order valence-electron chi connectivity index (χ2n) is 13.1. The van der Waals surface area contributed by atoms with Crippen LogP contribution in [0.5, 0.6) is 0 Å². The topological polar surface area (TPSA) is 55.3 Å². The second kappa shape index (κ2) is 13.4. The zero-order valence-corrected chi connectivity index (χ0v) is 28.5. The van der Waals surface area contributed by atoms with Crippen molar-refractivity contribution in [2.75, 3.05) is 11.1 Å². The number of hydrogen-bond donors (Lipinski definition) is 2.